The number of carboxylic acid groups (broad SMARTS) is 1. The van der Waals surface area contributed by atoms with E-state index in [0.29, 0.717) is 5.69 Å². The molecule has 22 heavy (non-hydrogen) atoms. The maximum atomic E-state index is 12.4. The summed E-state index contributed by atoms with van der Waals surface area (Å²) in [6.45, 7) is 2.95. The van der Waals surface area contributed by atoms with Crippen LogP contribution in [-0.2, 0) is 20.1 Å². The van der Waals surface area contributed by atoms with Crippen LogP contribution in [0.3, 0.4) is 0 Å². The second kappa shape index (κ2) is 6.30. The van der Waals surface area contributed by atoms with E-state index in [-0.39, 0.29) is 17.8 Å². The number of carbonyl (C=O) groups excluding carboxylic acids is 1. The van der Waals surface area contributed by atoms with E-state index in [1.54, 1.807) is 11.7 Å². The lowest BCUT2D eigenvalue weighted by Gasteiger charge is -2.15. The third kappa shape index (κ3) is 3.03. The van der Waals surface area contributed by atoms with Gasteiger partial charge in [-0.05, 0) is 22.9 Å². The number of hydrogen-bond donors (Lipinski definition) is 1. The number of nitrogens with zero attached hydrogens (tertiary/aromatic N) is 5. The molecule has 0 fully saturated rings. The molecule has 0 spiro atoms. The number of aromatic carboxylic acids is 1. The highest BCUT2D eigenvalue weighted by molar-refractivity contribution is 9.10. The molecule has 2 aromatic heterocycles. The molecule has 118 valence electrons. The molecule has 0 aliphatic heterocycles. The van der Waals surface area contributed by atoms with Crippen LogP contribution >= 0.6 is 15.9 Å². The first kappa shape index (κ1) is 16.2. The van der Waals surface area contributed by atoms with Crippen LogP contribution in [0.4, 0.5) is 0 Å². The molecule has 9 heteroatoms. The van der Waals surface area contributed by atoms with Gasteiger partial charge in [0, 0.05) is 26.8 Å². The Balaban J connectivity index is 2.22. The van der Waals surface area contributed by atoms with Crippen molar-refractivity contribution in [3.05, 3.63) is 33.8 Å². The van der Waals surface area contributed by atoms with Crippen molar-refractivity contribution in [2.75, 3.05) is 7.05 Å². The first-order valence-electron chi connectivity index (χ1n) is 6.57. The number of carbonyl (C=O) groups is 2. The minimum atomic E-state index is -1.19. The van der Waals surface area contributed by atoms with E-state index in [1.165, 1.54) is 22.8 Å². The predicted octanol–water partition coefficient (Wildman–Crippen LogP) is 1.37. The van der Waals surface area contributed by atoms with Crippen molar-refractivity contribution in [2.45, 2.75) is 20.0 Å². The van der Waals surface area contributed by atoms with Crippen LogP contribution < -0.4 is 0 Å². The van der Waals surface area contributed by atoms with E-state index in [4.69, 9.17) is 0 Å². The summed E-state index contributed by atoms with van der Waals surface area (Å²) in [5.74, 6) is -1.60. The highest BCUT2D eigenvalue weighted by atomic mass is 79.9. The summed E-state index contributed by atoms with van der Waals surface area (Å²) >= 11 is 3.40. The summed E-state index contributed by atoms with van der Waals surface area (Å²) in [5.41, 5.74) is 0.636. The van der Waals surface area contributed by atoms with Gasteiger partial charge >= 0.3 is 5.97 Å². The topological polar surface area (TPSA) is 93.2 Å². The standard InChI is InChI=1S/C13H16BrN5O3/c1-4-19-6-9(14)10(16-19)7-17(2)12(20)8-5-15-18(3)11(8)13(21)22/h5-6H,4,7H2,1-3H3,(H,21,22). The Morgan fingerprint density at radius 2 is 2.14 bits per heavy atom. The van der Waals surface area contributed by atoms with Crippen LogP contribution in [0.5, 0.6) is 0 Å². The quantitative estimate of drug-likeness (QED) is 0.858. The first-order chi connectivity index (χ1) is 10.3. The predicted molar refractivity (Wildman–Crippen MR) is 81.6 cm³/mol. The number of amides is 1. The first-order valence-corrected chi connectivity index (χ1v) is 7.37. The zero-order valence-corrected chi connectivity index (χ0v) is 14.0. The second-order valence-corrected chi connectivity index (χ2v) is 5.63. The molecular weight excluding hydrogens is 354 g/mol. The molecule has 8 nitrogen and oxygen atoms in total. The minimum absolute atomic E-state index is 0.0588. The average Bonchev–Trinajstić information content (AvgIpc) is 3.01. The summed E-state index contributed by atoms with van der Waals surface area (Å²) in [7, 11) is 3.08. The van der Waals surface area contributed by atoms with Gasteiger partial charge in [-0.2, -0.15) is 10.2 Å². The van der Waals surface area contributed by atoms with E-state index in [0.717, 1.165) is 11.0 Å². The summed E-state index contributed by atoms with van der Waals surface area (Å²) in [5, 5.41) is 17.4. The van der Waals surface area contributed by atoms with Crippen molar-refractivity contribution in [2.24, 2.45) is 7.05 Å². The Kier molecular flexibility index (Phi) is 4.65. The monoisotopic (exact) mass is 369 g/mol. The number of aromatic nitrogens is 4. The molecule has 2 aromatic rings. The summed E-state index contributed by atoms with van der Waals surface area (Å²) in [6.07, 6.45) is 3.10. The molecule has 0 unspecified atom stereocenters. The number of halogens is 1. The van der Waals surface area contributed by atoms with Crippen molar-refractivity contribution in [1.29, 1.82) is 0 Å². The minimum Gasteiger partial charge on any atom is -0.477 e. The fraction of sp³-hybridized carbons (Fsp3) is 0.385. The van der Waals surface area contributed by atoms with E-state index < -0.39 is 11.9 Å². The van der Waals surface area contributed by atoms with Crippen molar-refractivity contribution in [1.82, 2.24) is 24.5 Å². The van der Waals surface area contributed by atoms with Gasteiger partial charge in [-0.25, -0.2) is 4.79 Å². The number of hydrogen-bond acceptors (Lipinski definition) is 4. The average molecular weight is 370 g/mol. The van der Waals surface area contributed by atoms with Gasteiger partial charge in [-0.3, -0.25) is 14.2 Å². The molecular formula is C13H16BrN5O3. The van der Waals surface area contributed by atoms with E-state index >= 15 is 0 Å². The highest BCUT2D eigenvalue weighted by Gasteiger charge is 2.24. The fourth-order valence-corrected chi connectivity index (χ4v) is 2.50. The molecule has 1 amide bonds. The van der Waals surface area contributed by atoms with Gasteiger partial charge in [0.15, 0.2) is 5.69 Å². The molecule has 0 atom stereocenters. The zero-order valence-electron chi connectivity index (χ0n) is 12.4. The van der Waals surface area contributed by atoms with Crippen molar-refractivity contribution >= 4 is 27.8 Å². The normalized spacial score (nSPS) is 10.7. The van der Waals surface area contributed by atoms with Crippen LogP contribution in [0.25, 0.3) is 0 Å². The summed E-state index contributed by atoms with van der Waals surface area (Å²) < 4.78 is 3.73. The van der Waals surface area contributed by atoms with Gasteiger partial charge < -0.3 is 10.0 Å². The zero-order chi connectivity index (χ0) is 16.4. The maximum absolute atomic E-state index is 12.4. The lowest BCUT2D eigenvalue weighted by atomic mass is 10.2. The molecule has 2 heterocycles. The van der Waals surface area contributed by atoms with Gasteiger partial charge in [0.05, 0.1) is 28.5 Å². The van der Waals surface area contributed by atoms with Gasteiger partial charge in [0.2, 0.25) is 0 Å². The number of carboxylic acids is 1. The molecule has 1 N–H and O–H groups in total. The van der Waals surface area contributed by atoms with Crippen LogP contribution in [0.15, 0.2) is 16.9 Å². The van der Waals surface area contributed by atoms with Crippen LogP contribution in [0, 0.1) is 0 Å². The molecule has 0 saturated heterocycles. The lowest BCUT2D eigenvalue weighted by Crippen LogP contribution is -2.28. The van der Waals surface area contributed by atoms with Crippen LogP contribution in [0.2, 0.25) is 0 Å². The largest absolute Gasteiger partial charge is 0.477 e. The maximum Gasteiger partial charge on any atom is 0.354 e. The third-order valence-corrected chi connectivity index (χ3v) is 3.88. The molecule has 0 radical (unpaired) electrons. The lowest BCUT2D eigenvalue weighted by molar-refractivity contribution is 0.0669. The second-order valence-electron chi connectivity index (χ2n) is 4.78. The van der Waals surface area contributed by atoms with E-state index in [1.807, 2.05) is 13.1 Å². The summed E-state index contributed by atoms with van der Waals surface area (Å²) in [4.78, 5) is 25.1. The molecule has 0 saturated carbocycles. The number of rotatable bonds is 5. The van der Waals surface area contributed by atoms with Gasteiger partial charge in [-0.15, -0.1) is 0 Å². The Morgan fingerprint density at radius 3 is 2.68 bits per heavy atom. The van der Waals surface area contributed by atoms with Crippen LogP contribution in [-0.4, -0.2) is 48.5 Å². The SMILES string of the molecule is CCn1cc(Br)c(CN(C)C(=O)c2cnn(C)c2C(=O)O)n1. The van der Waals surface area contributed by atoms with Crippen molar-refractivity contribution in [3.8, 4) is 0 Å². The molecule has 0 aliphatic rings. The van der Waals surface area contributed by atoms with Gasteiger partial charge in [-0.1, -0.05) is 0 Å². The Morgan fingerprint density at radius 1 is 1.45 bits per heavy atom. The van der Waals surface area contributed by atoms with Gasteiger partial charge in [0.25, 0.3) is 5.91 Å². The molecule has 2 rings (SSSR count). The molecule has 0 aromatic carbocycles. The summed E-state index contributed by atoms with van der Waals surface area (Å²) in [6, 6.07) is 0. The smallest absolute Gasteiger partial charge is 0.354 e. The van der Waals surface area contributed by atoms with E-state index in [9.17, 15) is 14.7 Å². The van der Waals surface area contributed by atoms with Gasteiger partial charge in [0.1, 0.15) is 0 Å². The Bertz CT molecular complexity index is 721. The third-order valence-electron chi connectivity index (χ3n) is 3.22. The Hall–Kier alpha value is -2.16. The van der Waals surface area contributed by atoms with E-state index in [2.05, 4.69) is 26.1 Å². The van der Waals surface area contributed by atoms with Crippen LogP contribution in [0.1, 0.15) is 33.5 Å². The van der Waals surface area contributed by atoms with Crippen molar-refractivity contribution < 1.29 is 14.7 Å². The Labute approximate surface area is 135 Å². The fourth-order valence-electron chi connectivity index (χ4n) is 2.06. The van der Waals surface area contributed by atoms with Crippen molar-refractivity contribution in [3.63, 3.8) is 0 Å². The highest BCUT2D eigenvalue weighted by Crippen LogP contribution is 2.18. The molecule has 0 bridgehead atoms. The molecule has 0 aliphatic carbocycles. The number of aryl methyl sites for hydroxylation is 2.